The number of ether oxygens (including phenoxy) is 1. The molecule has 0 atom stereocenters. The standard InChI is InChI=1S/C21H22N4O3/c1-21(2)8-16-14(17(26)9-21)11-22-19-15(12-24-25(16)19)20(27)23-10-13-6-4-5-7-18(13)28-3/h4-7,11-12H,8-10H2,1-3H3,(H,23,27). The maximum Gasteiger partial charge on any atom is 0.257 e. The van der Waals surface area contributed by atoms with Crippen molar-refractivity contribution in [1.82, 2.24) is 19.9 Å². The summed E-state index contributed by atoms with van der Waals surface area (Å²) >= 11 is 0. The molecule has 0 aliphatic heterocycles. The number of rotatable bonds is 4. The summed E-state index contributed by atoms with van der Waals surface area (Å²) in [6.07, 6.45) is 4.27. The van der Waals surface area contributed by atoms with E-state index in [-0.39, 0.29) is 17.1 Å². The first-order valence-electron chi connectivity index (χ1n) is 9.18. The predicted octanol–water partition coefficient (Wildman–Crippen LogP) is 2.82. The van der Waals surface area contributed by atoms with Crippen LogP contribution in [-0.4, -0.2) is 33.4 Å². The molecule has 144 valence electrons. The van der Waals surface area contributed by atoms with E-state index in [1.807, 2.05) is 24.3 Å². The van der Waals surface area contributed by atoms with E-state index < -0.39 is 0 Å². The van der Waals surface area contributed by atoms with Crippen LogP contribution < -0.4 is 10.1 Å². The molecule has 28 heavy (non-hydrogen) atoms. The number of benzene rings is 1. The molecule has 4 rings (SSSR count). The fourth-order valence-corrected chi connectivity index (χ4v) is 3.71. The summed E-state index contributed by atoms with van der Waals surface area (Å²) in [5, 5.41) is 7.25. The number of nitrogens with zero attached hydrogens (tertiary/aromatic N) is 3. The molecular weight excluding hydrogens is 356 g/mol. The minimum absolute atomic E-state index is 0.0679. The van der Waals surface area contributed by atoms with Gasteiger partial charge >= 0.3 is 0 Å². The molecule has 3 aromatic rings. The highest BCUT2D eigenvalue weighted by Crippen LogP contribution is 2.34. The monoisotopic (exact) mass is 378 g/mol. The molecule has 1 aliphatic carbocycles. The molecule has 7 nitrogen and oxygen atoms in total. The third kappa shape index (κ3) is 3.13. The Balaban J connectivity index is 1.63. The first-order chi connectivity index (χ1) is 13.4. The second kappa shape index (κ2) is 6.74. The molecule has 0 spiro atoms. The van der Waals surface area contributed by atoms with E-state index >= 15 is 0 Å². The molecule has 7 heteroatoms. The zero-order valence-electron chi connectivity index (χ0n) is 16.2. The number of amides is 1. The van der Waals surface area contributed by atoms with E-state index in [0.717, 1.165) is 17.0 Å². The molecule has 0 radical (unpaired) electrons. The van der Waals surface area contributed by atoms with E-state index in [1.54, 1.807) is 17.8 Å². The van der Waals surface area contributed by atoms with Crippen LogP contribution in [0.1, 0.15) is 52.2 Å². The molecule has 2 aromatic heterocycles. The van der Waals surface area contributed by atoms with Crippen molar-refractivity contribution >= 4 is 17.3 Å². The Labute approximate surface area is 162 Å². The SMILES string of the molecule is COc1ccccc1CNC(=O)c1cnn2c3c(cnc12)C(=O)CC(C)(C)C3. The van der Waals surface area contributed by atoms with Crippen molar-refractivity contribution in [3.8, 4) is 5.75 Å². The van der Waals surface area contributed by atoms with Crippen molar-refractivity contribution in [2.75, 3.05) is 7.11 Å². The lowest BCUT2D eigenvalue weighted by Gasteiger charge is -2.29. The van der Waals surface area contributed by atoms with E-state index in [2.05, 4.69) is 29.2 Å². The Morgan fingerprint density at radius 2 is 2.04 bits per heavy atom. The van der Waals surface area contributed by atoms with Crippen molar-refractivity contribution in [2.24, 2.45) is 5.41 Å². The van der Waals surface area contributed by atoms with Gasteiger partial charge in [0.05, 0.1) is 24.6 Å². The van der Waals surface area contributed by atoms with Gasteiger partial charge in [-0.3, -0.25) is 9.59 Å². The van der Waals surface area contributed by atoms with Crippen molar-refractivity contribution in [1.29, 1.82) is 0 Å². The molecule has 1 N–H and O–H groups in total. The number of methoxy groups -OCH3 is 1. The van der Waals surface area contributed by atoms with Gasteiger partial charge in [-0.1, -0.05) is 32.0 Å². The first-order valence-corrected chi connectivity index (χ1v) is 9.18. The molecule has 2 heterocycles. The smallest absolute Gasteiger partial charge is 0.257 e. The summed E-state index contributed by atoms with van der Waals surface area (Å²) < 4.78 is 6.95. The third-order valence-corrected chi connectivity index (χ3v) is 5.09. The normalized spacial score (nSPS) is 15.3. The summed E-state index contributed by atoms with van der Waals surface area (Å²) in [5.74, 6) is 0.517. The minimum atomic E-state index is -0.269. The highest BCUT2D eigenvalue weighted by molar-refractivity contribution is 6.01. The Bertz CT molecular complexity index is 1080. The minimum Gasteiger partial charge on any atom is -0.496 e. The van der Waals surface area contributed by atoms with Crippen LogP contribution in [0.15, 0.2) is 36.7 Å². The van der Waals surface area contributed by atoms with Crippen LogP contribution in [0.4, 0.5) is 0 Å². The number of Topliss-reactive ketones (excluding diaryl/α,β-unsaturated/α-hetero) is 1. The highest BCUT2D eigenvalue weighted by Gasteiger charge is 2.33. The van der Waals surface area contributed by atoms with Crippen molar-refractivity contribution in [3.63, 3.8) is 0 Å². The van der Waals surface area contributed by atoms with Crippen LogP contribution in [0, 0.1) is 5.41 Å². The van der Waals surface area contributed by atoms with E-state index in [9.17, 15) is 9.59 Å². The van der Waals surface area contributed by atoms with Crippen LogP contribution in [-0.2, 0) is 13.0 Å². The first kappa shape index (κ1) is 18.2. The molecule has 0 saturated carbocycles. The average Bonchev–Trinajstić information content (AvgIpc) is 3.10. The van der Waals surface area contributed by atoms with Gasteiger partial charge in [0.1, 0.15) is 11.3 Å². The number of hydrogen-bond donors (Lipinski definition) is 1. The van der Waals surface area contributed by atoms with Crippen molar-refractivity contribution in [3.05, 3.63) is 59.0 Å². The number of aromatic nitrogens is 3. The van der Waals surface area contributed by atoms with Crippen LogP contribution >= 0.6 is 0 Å². The lowest BCUT2D eigenvalue weighted by atomic mass is 9.76. The summed E-state index contributed by atoms with van der Waals surface area (Å²) in [6.45, 7) is 4.45. The largest absolute Gasteiger partial charge is 0.496 e. The second-order valence-corrected chi connectivity index (χ2v) is 7.85. The summed E-state index contributed by atoms with van der Waals surface area (Å²) in [6, 6.07) is 7.53. The van der Waals surface area contributed by atoms with Gasteiger partial charge in [-0.25, -0.2) is 9.50 Å². The summed E-state index contributed by atoms with van der Waals surface area (Å²) in [4.78, 5) is 29.5. The Hall–Kier alpha value is -3.22. The number of hydrogen-bond acceptors (Lipinski definition) is 5. The van der Waals surface area contributed by atoms with Gasteiger partial charge in [0.15, 0.2) is 11.4 Å². The summed E-state index contributed by atoms with van der Waals surface area (Å²) in [5.41, 5.74) is 2.99. The Kier molecular flexibility index (Phi) is 4.37. The molecule has 1 aliphatic rings. The van der Waals surface area contributed by atoms with E-state index in [1.165, 1.54) is 6.20 Å². The Morgan fingerprint density at radius 3 is 2.82 bits per heavy atom. The molecule has 0 saturated heterocycles. The van der Waals surface area contributed by atoms with Gasteiger partial charge in [-0.2, -0.15) is 5.10 Å². The topological polar surface area (TPSA) is 85.6 Å². The number of carbonyl (C=O) groups excluding carboxylic acids is 2. The quantitative estimate of drug-likeness (QED) is 0.754. The number of ketones is 1. The van der Waals surface area contributed by atoms with Gasteiger partial charge in [0.2, 0.25) is 0 Å². The lowest BCUT2D eigenvalue weighted by molar-refractivity contribution is 0.0907. The lowest BCUT2D eigenvalue weighted by Crippen LogP contribution is -2.29. The van der Waals surface area contributed by atoms with E-state index in [0.29, 0.717) is 36.2 Å². The highest BCUT2D eigenvalue weighted by atomic mass is 16.5. The zero-order valence-corrected chi connectivity index (χ0v) is 16.2. The zero-order chi connectivity index (χ0) is 19.9. The number of nitrogens with one attached hydrogen (secondary N) is 1. The third-order valence-electron chi connectivity index (χ3n) is 5.09. The van der Waals surface area contributed by atoms with Crippen LogP contribution in [0.3, 0.4) is 0 Å². The van der Waals surface area contributed by atoms with Crippen LogP contribution in [0.25, 0.3) is 5.65 Å². The fourth-order valence-electron chi connectivity index (χ4n) is 3.71. The molecule has 1 aromatic carbocycles. The van der Waals surface area contributed by atoms with Crippen LogP contribution in [0.5, 0.6) is 5.75 Å². The predicted molar refractivity (Wildman–Crippen MR) is 104 cm³/mol. The maximum atomic E-state index is 12.7. The van der Waals surface area contributed by atoms with Gasteiger partial charge in [-0.15, -0.1) is 0 Å². The second-order valence-electron chi connectivity index (χ2n) is 7.85. The molecule has 1 amide bonds. The Morgan fingerprint density at radius 1 is 1.25 bits per heavy atom. The number of fused-ring (bicyclic) bond motifs is 3. The molecule has 0 fully saturated rings. The number of para-hydroxylation sites is 1. The van der Waals surface area contributed by atoms with Crippen molar-refractivity contribution < 1.29 is 14.3 Å². The van der Waals surface area contributed by atoms with Gasteiger partial charge < -0.3 is 10.1 Å². The number of carbonyl (C=O) groups is 2. The average molecular weight is 378 g/mol. The molecule has 0 unspecified atom stereocenters. The molecular formula is C21H22N4O3. The van der Waals surface area contributed by atoms with E-state index in [4.69, 9.17) is 4.74 Å². The van der Waals surface area contributed by atoms with Gasteiger partial charge in [0, 0.05) is 24.7 Å². The van der Waals surface area contributed by atoms with Gasteiger partial charge in [-0.05, 0) is 17.9 Å². The molecule has 0 bridgehead atoms. The van der Waals surface area contributed by atoms with Crippen LogP contribution in [0.2, 0.25) is 0 Å². The summed E-state index contributed by atoms with van der Waals surface area (Å²) in [7, 11) is 1.60. The maximum absolute atomic E-state index is 12.7. The van der Waals surface area contributed by atoms with Gasteiger partial charge in [0.25, 0.3) is 5.91 Å². The van der Waals surface area contributed by atoms with Crippen molar-refractivity contribution in [2.45, 2.75) is 33.2 Å². The fraction of sp³-hybridized carbons (Fsp3) is 0.333.